The lowest BCUT2D eigenvalue weighted by molar-refractivity contribution is 0.0940. The van der Waals surface area contributed by atoms with Crippen LogP contribution in [0.3, 0.4) is 0 Å². The van der Waals surface area contributed by atoms with Gasteiger partial charge < -0.3 is 9.47 Å². The molecule has 2 heterocycles. The number of nitrogens with zero attached hydrogens (tertiary/aromatic N) is 1. The predicted octanol–water partition coefficient (Wildman–Crippen LogP) is 2.33. The fourth-order valence-electron chi connectivity index (χ4n) is 3.83. The van der Waals surface area contributed by atoms with Crippen LogP contribution in [0.15, 0.2) is 18.2 Å². The Bertz CT molecular complexity index is 531. The lowest BCUT2D eigenvalue weighted by Gasteiger charge is -2.15. The Morgan fingerprint density at radius 3 is 2.70 bits per heavy atom. The van der Waals surface area contributed by atoms with E-state index < -0.39 is 0 Å². The highest BCUT2D eigenvalue weighted by atomic mass is 16.7. The molecule has 4 heteroatoms. The van der Waals surface area contributed by atoms with Crippen LogP contribution in [0.5, 0.6) is 11.5 Å². The Morgan fingerprint density at radius 1 is 1.15 bits per heavy atom. The van der Waals surface area contributed by atoms with E-state index in [1.807, 2.05) is 18.2 Å². The van der Waals surface area contributed by atoms with E-state index in [0.29, 0.717) is 12.3 Å². The van der Waals surface area contributed by atoms with Crippen molar-refractivity contribution in [1.29, 1.82) is 0 Å². The third-order valence-electron chi connectivity index (χ3n) is 4.86. The van der Waals surface area contributed by atoms with Crippen molar-refractivity contribution in [1.82, 2.24) is 4.90 Å². The largest absolute Gasteiger partial charge is 0.454 e. The molecule has 0 aromatic heterocycles. The van der Waals surface area contributed by atoms with Gasteiger partial charge in [0, 0.05) is 18.7 Å². The summed E-state index contributed by atoms with van der Waals surface area (Å²) in [5.41, 5.74) is 0.728. The Morgan fingerprint density at radius 2 is 1.90 bits per heavy atom. The number of benzene rings is 1. The first kappa shape index (κ1) is 12.2. The first-order chi connectivity index (χ1) is 9.79. The van der Waals surface area contributed by atoms with Gasteiger partial charge in [-0.05, 0) is 42.9 Å². The van der Waals surface area contributed by atoms with Crippen molar-refractivity contribution in [2.75, 3.05) is 26.4 Å². The number of carbonyl (C=O) groups excluding carboxylic acids is 1. The van der Waals surface area contributed by atoms with Gasteiger partial charge >= 0.3 is 0 Å². The molecule has 2 fully saturated rings. The van der Waals surface area contributed by atoms with Crippen LogP contribution >= 0.6 is 0 Å². The van der Waals surface area contributed by atoms with Gasteiger partial charge in [0.1, 0.15) is 0 Å². The molecule has 106 valence electrons. The van der Waals surface area contributed by atoms with Gasteiger partial charge in [0.25, 0.3) is 0 Å². The summed E-state index contributed by atoms with van der Waals surface area (Å²) in [6.07, 6.45) is 4.07. The lowest BCUT2D eigenvalue weighted by Crippen LogP contribution is -2.28. The van der Waals surface area contributed by atoms with Crippen LogP contribution in [0.25, 0.3) is 0 Å². The molecule has 1 saturated heterocycles. The van der Waals surface area contributed by atoms with Crippen molar-refractivity contribution in [3.63, 3.8) is 0 Å². The van der Waals surface area contributed by atoms with Gasteiger partial charge in [-0.25, -0.2) is 0 Å². The third kappa shape index (κ3) is 2.08. The molecule has 0 N–H and O–H groups in total. The number of fused-ring (bicyclic) bond motifs is 2. The SMILES string of the molecule is O=C(CN1CC2CCCC2C1)c1ccc2c(c1)OCO2. The van der Waals surface area contributed by atoms with Gasteiger partial charge in [-0.1, -0.05) is 6.42 Å². The van der Waals surface area contributed by atoms with Gasteiger partial charge in [0.15, 0.2) is 17.3 Å². The van der Waals surface area contributed by atoms with E-state index in [0.717, 1.165) is 36.2 Å². The van der Waals surface area contributed by atoms with E-state index in [1.165, 1.54) is 19.3 Å². The molecule has 3 aliphatic rings. The summed E-state index contributed by atoms with van der Waals surface area (Å²) in [7, 11) is 0. The second-order valence-electron chi connectivity index (χ2n) is 6.14. The van der Waals surface area contributed by atoms with Crippen molar-refractivity contribution in [3.05, 3.63) is 23.8 Å². The van der Waals surface area contributed by atoms with E-state index in [2.05, 4.69) is 4.90 Å². The van der Waals surface area contributed by atoms with Gasteiger partial charge in [-0.3, -0.25) is 9.69 Å². The highest BCUT2D eigenvalue weighted by molar-refractivity contribution is 5.98. The van der Waals surface area contributed by atoms with Crippen molar-refractivity contribution in [2.45, 2.75) is 19.3 Å². The molecule has 1 aliphatic carbocycles. The lowest BCUT2D eigenvalue weighted by atomic mass is 10.0. The Balaban J connectivity index is 1.43. The maximum absolute atomic E-state index is 12.4. The molecule has 1 aromatic carbocycles. The van der Waals surface area contributed by atoms with E-state index in [1.54, 1.807) is 0 Å². The molecular formula is C16H19NO3. The van der Waals surface area contributed by atoms with Crippen molar-refractivity contribution < 1.29 is 14.3 Å². The number of hydrogen-bond acceptors (Lipinski definition) is 4. The minimum absolute atomic E-state index is 0.184. The van der Waals surface area contributed by atoms with Crippen LogP contribution in [0, 0.1) is 11.8 Å². The van der Waals surface area contributed by atoms with E-state index in [4.69, 9.17) is 9.47 Å². The fourth-order valence-corrected chi connectivity index (χ4v) is 3.83. The highest BCUT2D eigenvalue weighted by Gasteiger charge is 2.36. The molecule has 2 unspecified atom stereocenters. The molecule has 0 radical (unpaired) electrons. The fraction of sp³-hybridized carbons (Fsp3) is 0.562. The van der Waals surface area contributed by atoms with Crippen LogP contribution in [0.1, 0.15) is 29.6 Å². The molecular weight excluding hydrogens is 254 g/mol. The highest BCUT2D eigenvalue weighted by Crippen LogP contribution is 2.38. The molecule has 0 bridgehead atoms. The topological polar surface area (TPSA) is 38.8 Å². The standard InChI is InChI=1S/C16H19NO3/c18-14(9-17-7-12-2-1-3-13(12)8-17)11-4-5-15-16(6-11)20-10-19-15/h4-6,12-13H,1-3,7-10H2. The van der Waals surface area contributed by atoms with Gasteiger partial charge in [-0.15, -0.1) is 0 Å². The molecule has 4 nitrogen and oxygen atoms in total. The minimum atomic E-state index is 0.184. The summed E-state index contributed by atoms with van der Waals surface area (Å²) in [5, 5.41) is 0. The van der Waals surface area contributed by atoms with Gasteiger partial charge in [-0.2, -0.15) is 0 Å². The smallest absolute Gasteiger partial charge is 0.231 e. The number of carbonyl (C=O) groups is 1. The maximum Gasteiger partial charge on any atom is 0.231 e. The van der Waals surface area contributed by atoms with Crippen molar-refractivity contribution in [2.24, 2.45) is 11.8 Å². The molecule has 2 atom stereocenters. The summed E-state index contributed by atoms with van der Waals surface area (Å²) in [6.45, 7) is 2.98. The molecule has 4 rings (SSSR count). The number of hydrogen-bond donors (Lipinski definition) is 0. The summed E-state index contributed by atoms with van der Waals surface area (Å²) >= 11 is 0. The Kier molecular flexibility index (Phi) is 2.91. The van der Waals surface area contributed by atoms with Crippen LogP contribution < -0.4 is 9.47 Å². The Labute approximate surface area is 118 Å². The normalized spacial score (nSPS) is 27.8. The van der Waals surface area contributed by atoms with E-state index >= 15 is 0 Å². The predicted molar refractivity (Wildman–Crippen MR) is 74.2 cm³/mol. The number of Topliss-reactive ketones (excluding diaryl/α,β-unsaturated/α-hetero) is 1. The number of likely N-dealkylation sites (tertiary alicyclic amines) is 1. The number of rotatable bonds is 3. The second-order valence-corrected chi connectivity index (χ2v) is 6.14. The zero-order chi connectivity index (χ0) is 13.5. The summed E-state index contributed by atoms with van der Waals surface area (Å²) in [4.78, 5) is 14.7. The van der Waals surface area contributed by atoms with Crippen molar-refractivity contribution in [3.8, 4) is 11.5 Å². The molecule has 2 aliphatic heterocycles. The monoisotopic (exact) mass is 273 g/mol. The molecule has 0 spiro atoms. The zero-order valence-corrected chi connectivity index (χ0v) is 11.5. The van der Waals surface area contributed by atoms with E-state index in [9.17, 15) is 4.79 Å². The summed E-state index contributed by atoms with van der Waals surface area (Å²) in [5.74, 6) is 3.27. The second kappa shape index (κ2) is 4.77. The average Bonchev–Trinajstić information content (AvgIpc) is 3.11. The van der Waals surface area contributed by atoms with Crippen molar-refractivity contribution >= 4 is 5.78 Å². The third-order valence-corrected chi connectivity index (χ3v) is 4.86. The van der Waals surface area contributed by atoms with Gasteiger partial charge in [0.2, 0.25) is 6.79 Å². The van der Waals surface area contributed by atoms with Crippen LogP contribution in [-0.2, 0) is 0 Å². The first-order valence-electron chi connectivity index (χ1n) is 7.45. The summed E-state index contributed by atoms with van der Waals surface area (Å²) in [6, 6.07) is 5.47. The number of ketones is 1. The number of ether oxygens (including phenoxy) is 2. The zero-order valence-electron chi connectivity index (χ0n) is 11.5. The quantitative estimate of drug-likeness (QED) is 0.792. The molecule has 0 amide bonds. The molecule has 1 saturated carbocycles. The van der Waals surface area contributed by atoms with Crippen LogP contribution in [0.4, 0.5) is 0 Å². The summed E-state index contributed by atoms with van der Waals surface area (Å²) < 4.78 is 10.6. The minimum Gasteiger partial charge on any atom is -0.454 e. The first-order valence-corrected chi connectivity index (χ1v) is 7.45. The van der Waals surface area contributed by atoms with Crippen LogP contribution in [-0.4, -0.2) is 37.1 Å². The van der Waals surface area contributed by atoms with Gasteiger partial charge in [0.05, 0.1) is 6.54 Å². The Hall–Kier alpha value is -1.55. The maximum atomic E-state index is 12.4. The average molecular weight is 273 g/mol. The molecule has 20 heavy (non-hydrogen) atoms. The van der Waals surface area contributed by atoms with Crippen LogP contribution in [0.2, 0.25) is 0 Å². The van der Waals surface area contributed by atoms with E-state index in [-0.39, 0.29) is 12.6 Å². The molecule has 1 aromatic rings.